The topological polar surface area (TPSA) is 110 Å². The highest BCUT2D eigenvalue weighted by molar-refractivity contribution is 5.90. The van der Waals surface area contributed by atoms with Crippen LogP contribution in [-0.2, 0) is 0 Å². The molecule has 0 unspecified atom stereocenters. The summed E-state index contributed by atoms with van der Waals surface area (Å²) in [6.45, 7) is 0. The molecule has 2 N–H and O–H groups in total. The monoisotopic (exact) mass is 285 g/mol. The van der Waals surface area contributed by atoms with Gasteiger partial charge in [0, 0.05) is 30.2 Å². The minimum absolute atomic E-state index is 0.00413. The minimum Gasteiger partial charge on any atom is -0.306 e. The summed E-state index contributed by atoms with van der Waals surface area (Å²) in [4.78, 5) is 25.3. The number of carbonyl (C=O) groups excluding carboxylic acids is 1. The standard InChI is InChI=1S/C13H11N5O3/c19-13(16-11-5-7-14-8-6-11)17-15-9-10-1-3-12(4-2-10)18(20)21/h1-9H,(H2,14,16,17,19)/b15-9+. The van der Waals surface area contributed by atoms with Crippen LogP contribution in [0.5, 0.6) is 0 Å². The lowest BCUT2D eigenvalue weighted by atomic mass is 10.2. The van der Waals surface area contributed by atoms with E-state index in [4.69, 9.17) is 0 Å². The number of urea groups is 1. The predicted molar refractivity (Wildman–Crippen MR) is 77.1 cm³/mol. The zero-order chi connectivity index (χ0) is 15.1. The summed E-state index contributed by atoms with van der Waals surface area (Å²) >= 11 is 0. The largest absolute Gasteiger partial charge is 0.339 e. The van der Waals surface area contributed by atoms with Crippen LogP contribution in [-0.4, -0.2) is 22.2 Å². The number of pyridine rings is 1. The van der Waals surface area contributed by atoms with E-state index < -0.39 is 11.0 Å². The number of hydrazone groups is 1. The van der Waals surface area contributed by atoms with Crippen molar-refractivity contribution in [3.63, 3.8) is 0 Å². The molecule has 1 heterocycles. The van der Waals surface area contributed by atoms with E-state index in [9.17, 15) is 14.9 Å². The summed E-state index contributed by atoms with van der Waals surface area (Å²) in [7, 11) is 0. The Hall–Kier alpha value is -3.29. The summed E-state index contributed by atoms with van der Waals surface area (Å²) < 4.78 is 0. The molecule has 21 heavy (non-hydrogen) atoms. The lowest BCUT2D eigenvalue weighted by molar-refractivity contribution is -0.384. The number of non-ortho nitro benzene ring substituents is 1. The third-order valence-corrected chi connectivity index (χ3v) is 2.42. The molecule has 0 fully saturated rings. The molecule has 0 saturated heterocycles. The number of hydrogen-bond donors (Lipinski definition) is 2. The SMILES string of the molecule is O=C(N/N=C/c1ccc([N+](=O)[O-])cc1)Nc1ccncc1. The Labute approximate surface area is 119 Å². The average Bonchev–Trinajstić information content (AvgIpc) is 2.49. The number of amides is 2. The zero-order valence-electron chi connectivity index (χ0n) is 10.8. The number of carbonyl (C=O) groups is 1. The first-order valence-corrected chi connectivity index (χ1v) is 5.90. The van der Waals surface area contributed by atoms with Gasteiger partial charge in [-0.1, -0.05) is 0 Å². The molecular weight excluding hydrogens is 274 g/mol. The van der Waals surface area contributed by atoms with Crippen molar-refractivity contribution in [1.29, 1.82) is 0 Å². The first-order valence-electron chi connectivity index (χ1n) is 5.90. The normalized spacial score (nSPS) is 10.3. The van der Waals surface area contributed by atoms with Crippen LogP contribution in [0.3, 0.4) is 0 Å². The molecule has 8 nitrogen and oxygen atoms in total. The maximum Gasteiger partial charge on any atom is 0.339 e. The molecule has 106 valence electrons. The highest BCUT2D eigenvalue weighted by Gasteiger charge is 2.02. The molecule has 0 radical (unpaired) electrons. The fourth-order valence-electron chi connectivity index (χ4n) is 1.44. The molecule has 8 heteroatoms. The quantitative estimate of drug-likeness (QED) is 0.509. The number of nitro groups is 1. The zero-order valence-corrected chi connectivity index (χ0v) is 10.8. The molecule has 0 spiro atoms. The van der Waals surface area contributed by atoms with Crippen molar-refractivity contribution in [1.82, 2.24) is 10.4 Å². The Balaban J connectivity index is 1.87. The van der Waals surface area contributed by atoms with Gasteiger partial charge in [-0.2, -0.15) is 5.10 Å². The summed E-state index contributed by atoms with van der Waals surface area (Å²) in [6, 6.07) is 8.56. The minimum atomic E-state index is -0.501. The third-order valence-electron chi connectivity index (χ3n) is 2.42. The average molecular weight is 285 g/mol. The van der Waals surface area contributed by atoms with E-state index in [1.165, 1.54) is 30.5 Å². The van der Waals surface area contributed by atoms with E-state index in [0.29, 0.717) is 11.3 Å². The van der Waals surface area contributed by atoms with Gasteiger partial charge in [0.2, 0.25) is 0 Å². The summed E-state index contributed by atoms with van der Waals surface area (Å²) in [5.74, 6) is 0. The van der Waals surface area contributed by atoms with Crippen LogP contribution >= 0.6 is 0 Å². The van der Waals surface area contributed by atoms with Crippen molar-refractivity contribution in [2.75, 3.05) is 5.32 Å². The van der Waals surface area contributed by atoms with Crippen molar-refractivity contribution in [2.24, 2.45) is 5.10 Å². The lowest BCUT2D eigenvalue weighted by Gasteiger charge is -2.02. The van der Waals surface area contributed by atoms with Crippen LogP contribution in [0.15, 0.2) is 53.9 Å². The molecule has 2 aromatic rings. The maximum atomic E-state index is 11.5. The number of benzene rings is 1. The van der Waals surface area contributed by atoms with Gasteiger partial charge in [0.25, 0.3) is 5.69 Å². The fourth-order valence-corrected chi connectivity index (χ4v) is 1.44. The van der Waals surface area contributed by atoms with Gasteiger partial charge in [0.15, 0.2) is 0 Å². The Bertz CT molecular complexity index is 655. The third kappa shape index (κ3) is 4.39. The number of nitrogens with zero attached hydrogens (tertiary/aromatic N) is 3. The van der Waals surface area contributed by atoms with Crippen molar-refractivity contribution in [3.8, 4) is 0 Å². The van der Waals surface area contributed by atoms with Crippen molar-refractivity contribution in [3.05, 3.63) is 64.5 Å². The predicted octanol–water partition coefficient (Wildman–Crippen LogP) is 2.15. The number of rotatable bonds is 4. The number of anilines is 1. The van der Waals surface area contributed by atoms with Gasteiger partial charge in [0.1, 0.15) is 0 Å². The van der Waals surface area contributed by atoms with Crippen LogP contribution in [0.4, 0.5) is 16.2 Å². The van der Waals surface area contributed by atoms with E-state index in [1.807, 2.05) is 0 Å². The van der Waals surface area contributed by atoms with E-state index >= 15 is 0 Å². The van der Waals surface area contributed by atoms with Crippen LogP contribution in [0, 0.1) is 10.1 Å². The Morgan fingerprint density at radius 2 is 1.86 bits per heavy atom. The van der Waals surface area contributed by atoms with Crippen molar-refractivity contribution < 1.29 is 9.72 Å². The first-order chi connectivity index (χ1) is 10.1. The molecule has 0 aliphatic heterocycles. The van der Waals surface area contributed by atoms with Crippen molar-refractivity contribution in [2.45, 2.75) is 0 Å². The Morgan fingerprint density at radius 3 is 2.48 bits per heavy atom. The Morgan fingerprint density at radius 1 is 1.19 bits per heavy atom. The number of nitrogens with one attached hydrogen (secondary N) is 2. The van der Waals surface area contributed by atoms with Crippen molar-refractivity contribution >= 4 is 23.6 Å². The number of nitro benzene ring substituents is 1. The molecule has 0 aliphatic carbocycles. The molecule has 0 aliphatic rings. The molecule has 2 amide bonds. The lowest BCUT2D eigenvalue weighted by Crippen LogP contribution is -2.24. The second kappa shape index (κ2) is 6.75. The van der Waals surface area contributed by atoms with E-state index in [0.717, 1.165) is 0 Å². The summed E-state index contributed by atoms with van der Waals surface area (Å²) in [5, 5.41) is 16.8. The van der Waals surface area contributed by atoms with Gasteiger partial charge < -0.3 is 5.32 Å². The maximum absolute atomic E-state index is 11.5. The molecule has 0 saturated carbocycles. The Kier molecular flexibility index (Phi) is 4.54. The fraction of sp³-hybridized carbons (Fsp3) is 0. The molecule has 1 aromatic carbocycles. The summed E-state index contributed by atoms with van der Waals surface area (Å²) in [6.07, 6.45) is 4.49. The van der Waals surface area contributed by atoms with Crippen LogP contribution < -0.4 is 10.7 Å². The van der Waals surface area contributed by atoms with E-state index in [1.54, 1.807) is 24.5 Å². The van der Waals surface area contributed by atoms with Gasteiger partial charge in [-0.3, -0.25) is 15.1 Å². The number of aromatic nitrogens is 1. The second-order valence-corrected chi connectivity index (χ2v) is 3.91. The smallest absolute Gasteiger partial charge is 0.306 e. The molecular formula is C13H11N5O3. The highest BCUT2D eigenvalue weighted by atomic mass is 16.6. The number of hydrogen-bond acceptors (Lipinski definition) is 5. The van der Waals surface area contributed by atoms with Gasteiger partial charge in [-0.15, -0.1) is 0 Å². The van der Waals surface area contributed by atoms with Gasteiger partial charge in [-0.05, 0) is 29.8 Å². The van der Waals surface area contributed by atoms with E-state index in [2.05, 4.69) is 20.8 Å². The van der Waals surface area contributed by atoms with Crippen LogP contribution in [0.25, 0.3) is 0 Å². The van der Waals surface area contributed by atoms with Crippen LogP contribution in [0.2, 0.25) is 0 Å². The van der Waals surface area contributed by atoms with Crippen LogP contribution in [0.1, 0.15) is 5.56 Å². The highest BCUT2D eigenvalue weighted by Crippen LogP contribution is 2.10. The molecule has 1 aromatic heterocycles. The van der Waals surface area contributed by atoms with Gasteiger partial charge >= 0.3 is 6.03 Å². The molecule has 2 rings (SSSR count). The first kappa shape index (κ1) is 14.1. The summed E-state index contributed by atoms with van der Waals surface area (Å²) in [5.41, 5.74) is 3.50. The van der Waals surface area contributed by atoms with Gasteiger partial charge in [-0.25, -0.2) is 10.2 Å². The molecule has 0 atom stereocenters. The van der Waals surface area contributed by atoms with Gasteiger partial charge in [0.05, 0.1) is 11.1 Å². The molecule has 0 bridgehead atoms. The second-order valence-electron chi connectivity index (χ2n) is 3.91. The van der Waals surface area contributed by atoms with E-state index in [-0.39, 0.29) is 5.69 Å².